The van der Waals surface area contributed by atoms with E-state index in [0.717, 1.165) is 24.1 Å². The topological polar surface area (TPSA) is 73.6 Å². The predicted molar refractivity (Wildman–Crippen MR) is 113 cm³/mol. The summed E-state index contributed by atoms with van der Waals surface area (Å²) in [5, 5.41) is 8.91. The Morgan fingerprint density at radius 3 is 2.36 bits per heavy atom. The first-order valence-electron chi connectivity index (χ1n) is 9.73. The van der Waals surface area contributed by atoms with Crippen LogP contribution in [0.1, 0.15) is 40.7 Å². The summed E-state index contributed by atoms with van der Waals surface area (Å²) in [6.07, 6.45) is -3.41. The number of alkyl halides is 3. The van der Waals surface area contributed by atoms with Crippen molar-refractivity contribution in [2.24, 2.45) is 0 Å². The van der Waals surface area contributed by atoms with Gasteiger partial charge in [-0.25, -0.2) is 9.18 Å². The van der Waals surface area contributed by atoms with Crippen LogP contribution in [0.4, 0.5) is 28.9 Å². The maximum absolute atomic E-state index is 14.6. The number of nitrogens with zero attached hydrogens (tertiary/aromatic N) is 3. The Balaban J connectivity index is 1.80. The third-order valence-corrected chi connectivity index (χ3v) is 6.26. The highest BCUT2D eigenvalue weighted by molar-refractivity contribution is 7.81. The van der Waals surface area contributed by atoms with Crippen molar-refractivity contribution in [3.8, 4) is 6.07 Å². The van der Waals surface area contributed by atoms with Crippen LogP contribution in [0.3, 0.4) is 0 Å². The molecule has 1 saturated heterocycles. The van der Waals surface area contributed by atoms with Crippen molar-refractivity contribution in [1.82, 2.24) is 0 Å². The van der Waals surface area contributed by atoms with Crippen LogP contribution in [0.15, 0.2) is 36.4 Å². The number of hydrogen-bond donors (Lipinski definition) is 0. The van der Waals surface area contributed by atoms with Crippen molar-refractivity contribution in [2.45, 2.75) is 31.0 Å². The van der Waals surface area contributed by atoms with Crippen LogP contribution in [0.5, 0.6) is 0 Å². The average molecular weight is 477 g/mol. The minimum absolute atomic E-state index is 0.122. The van der Waals surface area contributed by atoms with Gasteiger partial charge in [-0.15, -0.1) is 0 Å². The molecule has 33 heavy (non-hydrogen) atoms. The standard InChI is InChI=1S/C22H15F4N3O3S/c1-32-18(30)15-6-5-14(10-17(15)23)29-20(33)28(19(31)21(29)7-2-8-21)13-4-3-12(11-27)16(9-13)22(24,25)26/h3-6,9-10H,2,7-8H2,1H3. The number of rotatable bonds is 3. The smallest absolute Gasteiger partial charge is 0.417 e. The van der Waals surface area contributed by atoms with E-state index in [1.54, 1.807) is 0 Å². The van der Waals surface area contributed by atoms with Crippen LogP contribution in [0, 0.1) is 17.1 Å². The van der Waals surface area contributed by atoms with E-state index >= 15 is 0 Å². The highest BCUT2D eigenvalue weighted by atomic mass is 32.1. The molecule has 1 spiro atoms. The van der Waals surface area contributed by atoms with Gasteiger partial charge in [0.25, 0.3) is 5.91 Å². The highest BCUT2D eigenvalue weighted by Crippen LogP contribution is 2.48. The number of methoxy groups -OCH3 is 1. The fourth-order valence-corrected chi connectivity index (χ4v) is 4.60. The second kappa shape index (κ2) is 7.81. The third kappa shape index (κ3) is 3.41. The van der Waals surface area contributed by atoms with Gasteiger partial charge in [-0.1, -0.05) is 0 Å². The summed E-state index contributed by atoms with van der Waals surface area (Å²) in [5.74, 6) is -2.30. The number of esters is 1. The Morgan fingerprint density at radius 1 is 1.18 bits per heavy atom. The van der Waals surface area contributed by atoms with Crippen LogP contribution in [0.2, 0.25) is 0 Å². The lowest BCUT2D eigenvalue weighted by Crippen LogP contribution is -2.55. The van der Waals surface area contributed by atoms with E-state index in [2.05, 4.69) is 4.74 Å². The monoisotopic (exact) mass is 477 g/mol. The van der Waals surface area contributed by atoms with Crippen molar-refractivity contribution < 1.29 is 31.9 Å². The van der Waals surface area contributed by atoms with Gasteiger partial charge in [0, 0.05) is 5.69 Å². The van der Waals surface area contributed by atoms with Crippen LogP contribution in [-0.2, 0) is 15.7 Å². The van der Waals surface area contributed by atoms with Gasteiger partial charge in [0.2, 0.25) is 0 Å². The molecule has 0 aromatic heterocycles. The normalized spacial score (nSPS) is 17.2. The molecule has 4 rings (SSSR count). The van der Waals surface area contributed by atoms with Gasteiger partial charge in [-0.05, 0) is 67.9 Å². The highest BCUT2D eigenvalue weighted by Gasteiger charge is 2.59. The maximum atomic E-state index is 14.6. The number of halogens is 4. The lowest BCUT2D eigenvalue weighted by Gasteiger charge is -2.43. The Hall–Kier alpha value is -3.52. The molecule has 1 aliphatic carbocycles. The second-order valence-electron chi connectivity index (χ2n) is 7.64. The van der Waals surface area contributed by atoms with E-state index in [1.165, 1.54) is 29.2 Å². The van der Waals surface area contributed by atoms with E-state index in [4.69, 9.17) is 17.5 Å². The number of nitriles is 1. The lowest BCUT2D eigenvalue weighted by atomic mass is 9.75. The van der Waals surface area contributed by atoms with Crippen LogP contribution in [-0.4, -0.2) is 29.6 Å². The molecule has 0 atom stereocenters. The number of amides is 1. The molecule has 2 fully saturated rings. The van der Waals surface area contributed by atoms with Gasteiger partial charge in [-0.2, -0.15) is 18.4 Å². The summed E-state index contributed by atoms with van der Waals surface area (Å²) in [6, 6.07) is 8.04. The molecule has 1 aliphatic heterocycles. The molecule has 1 saturated carbocycles. The van der Waals surface area contributed by atoms with E-state index in [1.807, 2.05) is 0 Å². The van der Waals surface area contributed by atoms with E-state index < -0.39 is 40.5 Å². The van der Waals surface area contributed by atoms with Gasteiger partial charge < -0.3 is 9.64 Å². The van der Waals surface area contributed by atoms with Crippen LogP contribution < -0.4 is 9.80 Å². The molecule has 1 amide bonds. The molecule has 2 aliphatic rings. The molecule has 0 N–H and O–H groups in total. The molecule has 1 heterocycles. The molecular weight excluding hydrogens is 462 g/mol. The predicted octanol–water partition coefficient (Wildman–Crippen LogP) is 4.56. The van der Waals surface area contributed by atoms with Gasteiger partial charge in [0.15, 0.2) is 5.11 Å². The van der Waals surface area contributed by atoms with Gasteiger partial charge in [0.05, 0.1) is 35.6 Å². The average Bonchev–Trinajstić information content (AvgIpc) is 2.98. The third-order valence-electron chi connectivity index (χ3n) is 5.90. The van der Waals surface area contributed by atoms with Crippen molar-refractivity contribution >= 4 is 40.6 Å². The Bertz CT molecular complexity index is 1230. The number of benzene rings is 2. The first-order chi connectivity index (χ1) is 15.5. The van der Waals surface area contributed by atoms with Gasteiger partial charge in [-0.3, -0.25) is 9.69 Å². The summed E-state index contributed by atoms with van der Waals surface area (Å²) in [4.78, 5) is 27.5. The molecule has 11 heteroatoms. The van der Waals surface area contributed by atoms with E-state index in [-0.39, 0.29) is 22.1 Å². The summed E-state index contributed by atoms with van der Waals surface area (Å²) >= 11 is 5.47. The number of anilines is 2. The molecule has 0 bridgehead atoms. The van der Waals surface area contributed by atoms with Crippen LogP contribution in [0.25, 0.3) is 0 Å². The first-order valence-corrected chi connectivity index (χ1v) is 10.1. The minimum Gasteiger partial charge on any atom is -0.465 e. The maximum Gasteiger partial charge on any atom is 0.417 e. The van der Waals surface area contributed by atoms with Crippen molar-refractivity contribution in [3.63, 3.8) is 0 Å². The van der Waals surface area contributed by atoms with E-state index in [9.17, 15) is 27.2 Å². The minimum atomic E-state index is -4.81. The van der Waals surface area contributed by atoms with Crippen molar-refractivity contribution in [3.05, 3.63) is 58.9 Å². The SMILES string of the molecule is COC(=O)c1ccc(N2C(=S)N(c3ccc(C#N)c(C(F)(F)F)c3)C(=O)C23CCC3)cc1F. The van der Waals surface area contributed by atoms with E-state index in [0.29, 0.717) is 25.3 Å². The summed E-state index contributed by atoms with van der Waals surface area (Å²) in [5.41, 5.74) is -3.20. The number of thiocarbonyl (C=S) groups is 1. The van der Waals surface area contributed by atoms with Gasteiger partial charge >= 0.3 is 12.1 Å². The molecule has 2 aromatic carbocycles. The Labute approximate surface area is 190 Å². The lowest BCUT2D eigenvalue weighted by molar-refractivity contribution is -0.137. The first kappa shape index (κ1) is 22.7. The number of carbonyl (C=O) groups excluding carboxylic acids is 2. The molecule has 0 radical (unpaired) electrons. The number of ether oxygens (including phenoxy) is 1. The quantitative estimate of drug-likeness (QED) is 0.367. The van der Waals surface area contributed by atoms with Gasteiger partial charge in [0.1, 0.15) is 11.4 Å². The Kier molecular flexibility index (Phi) is 5.36. The zero-order chi connectivity index (χ0) is 24.1. The molecule has 2 aromatic rings. The molecular formula is C22H15F4N3O3S. The molecule has 6 nitrogen and oxygen atoms in total. The Morgan fingerprint density at radius 2 is 1.85 bits per heavy atom. The van der Waals surface area contributed by atoms with Crippen molar-refractivity contribution in [1.29, 1.82) is 5.26 Å². The summed E-state index contributed by atoms with van der Waals surface area (Å²) in [6.45, 7) is 0. The number of hydrogen-bond acceptors (Lipinski definition) is 5. The number of carbonyl (C=O) groups is 2. The summed E-state index contributed by atoms with van der Waals surface area (Å²) in [7, 11) is 1.11. The molecule has 170 valence electrons. The fourth-order valence-electron chi connectivity index (χ4n) is 4.13. The second-order valence-corrected chi connectivity index (χ2v) is 8.00. The molecule has 0 unspecified atom stereocenters. The zero-order valence-corrected chi connectivity index (χ0v) is 17.9. The van der Waals surface area contributed by atoms with Crippen molar-refractivity contribution in [2.75, 3.05) is 16.9 Å². The zero-order valence-electron chi connectivity index (χ0n) is 17.1. The van der Waals surface area contributed by atoms with Crippen LogP contribution >= 0.6 is 12.2 Å². The largest absolute Gasteiger partial charge is 0.465 e. The summed E-state index contributed by atoms with van der Waals surface area (Å²) < 4.78 is 59.5. The fraction of sp³-hybridized carbons (Fsp3) is 0.273.